The van der Waals surface area contributed by atoms with Crippen molar-refractivity contribution in [2.24, 2.45) is 5.10 Å². The molecule has 1 heterocycles. The summed E-state index contributed by atoms with van der Waals surface area (Å²) < 4.78 is 5.37. The lowest BCUT2D eigenvalue weighted by Crippen LogP contribution is -2.44. The summed E-state index contributed by atoms with van der Waals surface area (Å²) in [5, 5.41) is 4.05. The second-order valence-electron chi connectivity index (χ2n) is 6.34. The molecule has 0 bridgehead atoms. The number of rotatable bonds is 4. The molecule has 6 heteroatoms. The van der Waals surface area contributed by atoms with Crippen molar-refractivity contribution in [3.05, 3.63) is 58.7 Å². The van der Waals surface area contributed by atoms with Gasteiger partial charge in [-0.15, -0.1) is 0 Å². The largest absolute Gasteiger partial charge is 0.482 e. The van der Waals surface area contributed by atoms with Gasteiger partial charge in [0.1, 0.15) is 12.3 Å². The number of hydrogen-bond donors (Lipinski definition) is 1. The molecule has 0 aromatic heterocycles. The highest BCUT2D eigenvalue weighted by atomic mass is 16.5. The first-order valence-electron chi connectivity index (χ1n) is 8.37. The molecule has 6 nitrogen and oxygen atoms in total. The summed E-state index contributed by atoms with van der Waals surface area (Å²) in [7, 11) is 0. The van der Waals surface area contributed by atoms with Crippen LogP contribution in [0.3, 0.4) is 0 Å². The Balaban J connectivity index is 1.68. The van der Waals surface area contributed by atoms with Crippen molar-refractivity contribution < 1.29 is 14.3 Å². The van der Waals surface area contributed by atoms with Crippen LogP contribution in [0.2, 0.25) is 0 Å². The minimum atomic E-state index is -0.367. The molecule has 0 atom stereocenters. The fraction of sp³-hybridized carbons (Fsp3) is 0.250. The van der Waals surface area contributed by atoms with E-state index < -0.39 is 0 Å². The van der Waals surface area contributed by atoms with Crippen LogP contribution in [0.5, 0.6) is 5.75 Å². The number of ether oxygens (including phenoxy) is 1. The molecule has 1 aliphatic rings. The Hall–Kier alpha value is -3.15. The highest BCUT2D eigenvalue weighted by molar-refractivity contribution is 6.02. The molecule has 0 spiro atoms. The zero-order valence-corrected chi connectivity index (χ0v) is 15.1. The van der Waals surface area contributed by atoms with Gasteiger partial charge in [-0.05, 0) is 44.0 Å². The summed E-state index contributed by atoms with van der Waals surface area (Å²) in [6.45, 7) is 5.87. The van der Waals surface area contributed by atoms with E-state index in [9.17, 15) is 9.59 Å². The van der Waals surface area contributed by atoms with Crippen LogP contribution in [-0.2, 0) is 9.59 Å². The molecule has 1 N–H and O–H groups in total. The summed E-state index contributed by atoms with van der Waals surface area (Å²) in [6.07, 6.45) is 1.64. The summed E-state index contributed by atoms with van der Waals surface area (Å²) >= 11 is 0. The van der Waals surface area contributed by atoms with Crippen LogP contribution in [-0.4, -0.2) is 31.2 Å². The number of hydrazone groups is 1. The normalized spacial score (nSPS) is 13.5. The predicted octanol–water partition coefficient (Wildman–Crippen LogP) is 2.49. The monoisotopic (exact) mass is 351 g/mol. The van der Waals surface area contributed by atoms with E-state index in [0.29, 0.717) is 11.4 Å². The Bertz CT molecular complexity index is 867. The molecule has 0 saturated heterocycles. The standard InChI is InChI=1S/C20H21N3O3/c1-13-8-14(2)16(15(3)9-13)10-21-22-19(24)11-23-17-6-4-5-7-18(17)26-12-20(23)25/h4-10H,11-12H2,1-3H3,(H,22,24)/b21-10-. The topological polar surface area (TPSA) is 71.0 Å². The van der Waals surface area contributed by atoms with Crippen LogP contribution in [0.1, 0.15) is 22.3 Å². The van der Waals surface area contributed by atoms with Gasteiger partial charge in [-0.25, -0.2) is 5.43 Å². The number of aryl methyl sites for hydroxylation is 3. The van der Waals surface area contributed by atoms with Crippen molar-refractivity contribution in [2.45, 2.75) is 20.8 Å². The van der Waals surface area contributed by atoms with E-state index >= 15 is 0 Å². The number of anilines is 1. The van der Waals surface area contributed by atoms with Crippen LogP contribution in [0.25, 0.3) is 0 Å². The Morgan fingerprint density at radius 1 is 1.23 bits per heavy atom. The number of para-hydroxylation sites is 2. The van der Waals surface area contributed by atoms with Crippen molar-refractivity contribution in [2.75, 3.05) is 18.1 Å². The van der Waals surface area contributed by atoms with Gasteiger partial charge in [-0.1, -0.05) is 29.8 Å². The maximum atomic E-state index is 12.2. The molecule has 26 heavy (non-hydrogen) atoms. The molecule has 1 aliphatic heterocycles. The summed E-state index contributed by atoms with van der Waals surface area (Å²) in [5.74, 6) is -0.0314. The van der Waals surface area contributed by atoms with E-state index in [0.717, 1.165) is 16.7 Å². The van der Waals surface area contributed by atoms with Gasteiger partial charge < -0.3 is 4.74 Å². The average molecular weight is 351 g/mol. The molecule has 2 amide bonds. The van der Waals surface area contributed by atoms with Gasteiger partial charge in [0, 0.05) is 5.56 Å². The molecule has 134 valence electrons. The molecule has 0 radical (unpaired) electrons. The van der Waals surface area contributed by atoms with Crippen molar-refractivity contribution in [1.82, 2.24) is 5.43 Å². The number of carbonyl (C=O) groups excluding carboxylic acids is 2. The lowest BCUT2D eigenvalue weighted by atomic mass is 10.0. The van der Waals surface area contributed by atoms with Crippen LogP contribution in [0.15, 0.2) is 41.5 Å². The minimum Gasteiger partial charge on any atom is -0.482 e. The van der Waals surface area contributed by atoms with E-state index in [1.54, 1.807) is 24.4 Å². The Morgan fingerprint density at radius 2 is 1.92 bits per heavy atom. The zero-order chi connectivity index (χ0) is 18.7. The molecule has 3 rings (SSSR count). The van der Waals surface area contributed by atoms with E-state index in [-0.39, 0.29) is 25.0 Å². The van der Waals surface area contributed by atoms with Crippen molar-refractivity contribution >= 4 is 23.7 Å². The van der Waals surface area contributed by atoms with Gasteiger partial charge in [0.15, 0.2) is 6.61 Å². The Labute approximate surface area is 152 Å². The quantitative estimate of drug-likeness (QED) is 0.679. The Kier molecular flexibility index (Phi) is 5.02. The van der Waals surface area contributed by atoms with E-state index in [1.807, 2.05) is 26.8 Å². The highest BCUT2D eigenvalue weighted by Crippen LogP contribution is 2.31. The minimum absolute atomic E-state index is 0.0741. The van der Waals surface area contributed by atoms with Crippen LogP contribution >= 0.6 is 0 Å². The number of benzene rings is 2. The lowest BCUT2D eigenvalue weighted by Gasteiger charge is -2.28. The second kappa shape index (κ2) is 7.39. The lowest BCUT2D eigenvalue weighted by molar-refractivity contribution is -0.125. The number of nitrogens with zero attached hydrogens (tertiary/aromatic N) is 2. The van der Waals surface area contributed by atoms with Gasteiger partial charge in [-0.2, -0.15) is 5.10 Å². The fourth-order valence-electron chi connectivity index (χ4n) is 3.07. The van der Waals surface area contributed by atoms with Crippen molar-refractivity contribution in [3.8, 4) is 5.75 Å². The predicted molar refractivity (Wildman–Crippen MR) is 101 cm³/mol. The molecule has 2 aromatic rings. The second-order valence-corrected chi connectivity index (χ2v) is 6.34. The number of hydrogen-bond acceptors (Lipinski definition) is 4. The first-order valence-corrected chi connectivity index (χ1v) is 8.37. The third-order valence-corrected chi connectivity index (χ3v) is 4.23. The molecule has 0 fully saturated rings. The van der Waals surface area contributed by atoms with Crippen molar-refractivity contribution in [1.29, 1.82) is 0 Å². The van der Waals surface area contributed by atoms with E-state index in [2.05, 4.69) is 22.7 Å². The Morgan fingerprint density at radius 3 is 2.65 bits per heavy atom. The van der Waals surface area contributed by atoms with Gasteiger partial charge >= 0.3 is 0 Å². The number of nitrogens with one attached hydrogen (secondary N) is 1. The van der Waals surface area contributed by atoms with Crippen molar-refractivity contribution in [3.63, 3.8) is 0 Å². The maximum Gasteiger partial charge on any atom is 0.265 e. The molecule has 2 aromatic carbocycles. The molecular weight excluding hydrogens is 330 g/mol. The molecule has 0 unspecified atom stereocenters. The fourth-order valence-corrected chi connectivity index (χ4v) is 3.07. The summed E-state index contributed by atoms with van der Waals surface area (Å²) in [5.41, 5.74) is 7.44. The van der Waals surface area contributed by atoms with Crippen LogP contribution in [0.4, 0.5) is 5.69 Å². The maximum absolute atomic E-state index is 12.2. The molecular formula is C20H21N3O3. The van der Waals surface area contributed by atoms with Gasteiger partial charge in [-0.3, -0.25) is 14.5 Å². The van der Waals surface area contributed by atoms with Gasteiger partial charge in [0.2, 0.25) is 0 Å². The van der Waals surface area contributed by atoms with Crippen LogP contribution < -0.4 is 15.1 Å². The van der Waals surface area contributed by atoms with Gasteiger partial charge in [0.25, 0.3) is 11.8 Å². The molecule has 0 saturated carbocycles. The highest BCUT2D eigenvalue weighted by Gasteiger charge is 2.26. The summed E-state index contributed by atoms with van der Waals surface area (Å²) in [6, 6.07) is 11.3. The smallest absolute Gasteiger partial charge is 0.265 e. The number of amides is 2. The van der Waals surface area contributed by atoms with Crippen LogP contribution in [0, 0.1) is 20.8 Å². The summed E-state index contributed by atoms with van der Waals surface area (Å²) in [4.78, 5) is 25.7. The van der Waals surface area contributed by atoms with E-state index in [1.165, 1.54) is 10.5 Å². The van der Waals surface area contributed by atoms with E-state index in [4.69, 9.17) is 4.74 Å². The zero-order valence-electron chi connectivity index (χ0n) is 15.1. The third-order valence-electron chi connectivity index (χ3n) is 4.23. The number of fused-ring (bicyclic) bond motifs is 1. The average Bonchev–Trinajstić information content (AvgIpc) is 2.59. The number of carbonyl (C=O) groups is 2. The van der Waals surface area contributed by atoms with Gasteiger partial charge in [0.05, 0.1) is 11.9 Å². The molecule has 0 aliphatic carbocycles. The SMILES string of the molecule is Cc1cc(C)c(/C=N\NC(=O)CN2C(=O)COc3ccccc32)c(C)c1. The first-order chi connectivity index (χ1) is 12.5. The third kappa shape index (κ3) is 3.74. The first kappa shape index (κ1) is 17.7.